The highest BCUT2D eigenvalue weighted by Gasteiger charge is 2.46. The first-order chi connectivity index (χ1) is 13.1. The first kappa shape index (κ1) is 17.5. The van der Waals surface area contributed by atoms with E-state index in [-0.39, 0.29) is 23.8 Å². The molecule has 0 radical (unpaired) electrons. The molecule has 0 bridgehead atoms. The van der Waals surface area contributed by atoms with Crippen LogP contribution in [0.5, 0.6) is 0 Å². The second-order valence-corrected chi connectivity index (χ2v) is 7.06. The summed E-state index contributed by atoms with van der Waals surface area (Å²) in [6, 6.07) is 3.79. The number of nitrogens with zero attached hydrogens (tertiary/aromatic N) is 4. The molecule has 8 heteroatoms. The van der Waals surface area contributed by atoms with Crippen molar-refractivity contribution in [3.63, 3.8) is 0 Å². The number of pyridine rings is 1. The molecule has 4 heterocycles. The van der Waals surface area contributed by atoms with Gasteiger partial charge in [-0.1, -0.05) is 0 Å². The number of carbonyl (C=O) groups excluding carboxylic acids is 2. The van der Waals surface area contributed by atoms with Crippen LogP contribution >= 0.6 is 0 Å². The molecular formula is C19H21N5O3. The SMILES string of the molecule is CC(=O)NCC(=O)N1CC[C@@]2(COCc3cnc(-c4cccnc4)nc32)C1. The van der Waals surface area contributed by atoms with Crippen LogP contribution in [0.2, 0.25) is 0 Å². The number of fused-ring (bicyclic) bond motifs is 2. The number of likely N-dealkylation sites (tertiary alicyclic amines) is 1. The number of rotatable bonds is 3. The summed E-state index contributed by atoms with van der Waals surface area (Å²) in [5, 5.41) is 2.57. The summed E-state index contributed by atoms with van der Waals surface area (Å²) >= 11 is 0. The minimum absolute atomic E-state index is 0.0177. The highest BCUT2D eigenvalue weighted by molar-refractivity contribution is 5.84. The molecule has 0 saturated carbocycles. The zero-order chi connectivity index (χ0) is 18.9. The summed E-state index contributed by atoms with van der Waals surface area (Å²) in [6.07, 6.45) is 6.04. The van der Waals surface area contributed by atoms with E-state index in [1.54, 1.807) is 17.3 Å². The van der Waals surface area contributed by atoms with E-state index < -0.39 is 0 Å². The van der Waals surface area contributed by atoms with Crippen molar-refractivity contribution in [2.75, 3.05) is 26.2 Å². The van der Waals surface area contributed by atoms with Gasteiger partial charge in [-0.15, -0.1) is 0 Å². The van der Waals surface area contributed by atoms with Gasteiger partial charge in [0.1, 0.15) is 0 Å². The maximum Gasteiger partial charge on any atom is 0.241 e. The molecule has 1 saturated heterocycles. The fourth-order valence-corrected chi connectivity index (χ4v) is 3.74. The van der Waals surface area contributed by atoms with Crippen LogP contribution in [0.4, 0.5) is 0 Å². The van der Waals surface area contributed by atoms with Gasteiger partial charge in [0.2, 0.25) is 11.8 Å². The van der Waals surface area contributed by atoms with Crippen LogP contribution in [0.1, 0.15) is 24.6 Å². The maximum atomic E-state index is 12.4. The molecule has 140 valence electrons. The molecule has 27 heavy (non-hydrogen) atoms. The van der Waals surface area contributed by atoms with E-state index in [1.807, 2.05) is 18.3 Å². The molecule has 0 aliphatic carbocycles. The Morgan fingerprint density at radius 1 is 1.37 bits per heavy atom. The number of ether oxygens (including phenoxy) is 1. The van der Waals surface area contributed by atoms with Crippen molar-refractivity contribution in [3.05, 3.63) is 42.0 Å². The van der Waals surface area contributed by atoms with Gasteiger partial charge in [-0.25, -0.2) is 9.97 Å². The Labute approximate surface area is 157 Å². The van der Waals surface area contributed by atoms with Gasteiger partial charge in [-0.3, -0.25) is 14.6 Å². The summed E-state index contributed by atoms with van der Waals surface area (Å²) in [5.41, 5.74) is 2.44. The molecule has 8 nitrogen and oxygen atoms in total. The highest BCUT2D eigenvalue weighted by Crippen LogP contribution is 2.39. The Morgan fingerprint density at radius 3 is 3.04 bits per heavy atom. The number of hydrogen-bond acceptors (Lipinski definition) is 6. The van der Waals surface area contributed by atoms with Crippen molar-refractivity contribution in [2.24, 2.45) is 0 Å². The van der Waals surface area contributed by atoms with Crippen LogP contribution in [0.15, 0.2) is 30.7 Å². The van der Waals surface area contributed by atoms with Crippen molar-refractivity contribution in [3.8, 4) is 11.4 Å². The summed E-state index contributed by atoms with van der Waals surface area (Å²) < 4.78 is 5.81. The first-order valence-electron chi connectivity index (χ1n) is 8.94. The highest BCUT2D eigenvalue weighted by atomic mass is 16.5. The quantitative estimate of drug-likeness (QED) is 0.857. The monoisotopic (exact) mass is 367 g/mol. The average molecular weight is 367 g/mol. The fraction of sp³-hybridized carbons (Fsp3) is 0.421. The topological polar surface area (TPSA) is 97.3 Å². The molecule has 1 atom stereocenters. The Kier molecular flexibility index (Phi) is 4.57. The largest absolute Gasteiger partial charge is 0.376 e. The van der Waals surface area contributed by atoms with E-state index >= 15 is 0 Å². The number of nitrogens with one attached hydrogen (secondary N) is 1. The standard InChI is InChI=1S/C19H21N5O3/c1-13(25)21-9-16(26)24-6-4-19(11-24)12-27-10-15-8-22-18(23-17(15)19)14-3-2-5-20-7-14/h2-3,5,7-8H,4,6,9-12H2,1H3,(H,21,25)/t19-/m0/s1. The molecule has 1 fully saturated rings. The molecular weight excluding hydrogens is 346 g/mol. The zero-order valence-electron chi connectivity index (χ0n) is 15.1. The van der Waals surface area contributed by atoms with Crippen molar-refractivity contribution >= 4 is 11.8 Å². The molecule has 4 rings (SSSR count). The predicted octanol–water partition coefficient (Wildman–Crippen LogP) is 0.675. The van der Waals surface area contributed by atoms with Crippen LogP contribution in [0, 0.1) is 0 Å². The fourth-order valence-electron chi connectivity index (χ4n) is 3.74. The third-order valence-corrected chi connectivity index (χ3v) is 5.12. The van der Waals surface area contributed by atoms with E-state index in [0.717, 1.165) is 23.2 Å². The zero-order valence-corrected chi connectivity index (χ0v) is 15.1. The lowest BCUT2D eigenvalue weighted by molar-refractivity contribution is -0.131. The first-order valence-corrected chi connectivity index (χ1v) is 8.94. The molecule has 1 N–H and O–H groups in total. The van der Waals surface area contributed by atoms with Gasteiger partial charge in [-0.05, 0) is 18.6 Å². The lowest BCUT2D eigenvalue weighted by Gasteiger charge is -2.34. The summed E-state index contributed by atoms with van der Waals surface area (Å²) in [7, 11) is 0. The van der Waals surface area contributed by atoms with Crippen LogP contribution in [-0.2, 0) is 26.3 Å². The second-order valence-electron chi connectivity index (χ2n) is 7.06. The second kappa shape index (κ2) is 7.03. The van der Waals surface area contributed by atoms with E-state index in [4.69, 9.17) is 9.72 Å². The van der Waals surface area contributed by atoms with Gasteiger partial charge in [0, 0.05) is 49.7 Å². The number of hydrogen-bond donors (Lipinski definition) is 1. The molecule has 1 spiro atoms. The van der Waals surface area contributed by atoms with Gasteiger partial charge in [-0.2, -0.15) is 0 Å². The predicted molar refractivity (Wildman–Crippen MR) is 96.5 cm³/mol. The van der Waals surface area contributed by atoms with Crippen molar-refractivity contribution in [1.82, 2.24) is 25.2 Å². The van der Waals surface area contributed by atoms with Crippen LogP contribution in [0.3, 0.4) is 0 Å². The molecule has 2 amide bonds. The van der Waals surface area contributed by atoms with Crippen LogP contribution < -0.4 is 5.32 Å². The average Bonchev–Trinajstić information content (AvgIpc) is 3.12. The van der Waals surface area contributed by atoms with Gasteiger partial charge in [0.05, 0.1) is 30.9 Å². The number of amides is 2. The van der Waals surface area contributed by atoms with Crippen molar-refractivity contribution in [2.45, 2.75) is 25.4 Å². The molecule has 2 aromatic rings. The molecule has 2 aromatic heterocycles. The Hall–Kier alpha value is -2.87. The lowest BCUT2D eigenvalue weighted by Crippen LogP contribution is -2.44. The van der Waals surface area contributed by atoms with Crippen molar-refractivity contribution < 1.29 is 14.3 Å². The minimum Gasteiger partial charge on any atom is -0.376 e. The van der Waals surface area contributed by atoms with Gasteiger partial charge in [0.15, 0.2) is 5.82 Å². The maximum absolute atomic E-state index is 12.4. The van der Waals surface area contributed by atoms with Crippen molar-refractivity contribution in [1.29, 1.82) is 0 Å². The third-order valence-electron chi connectivity index (χ3n) is 5.12. The molecule has 0 unspecified atom stereocenters. The Balaban J connectivity index is 1.61. The molecule has 0 aromatic carbocycles. The lowest BCUT2D eigenvalue weighted by atomic mass is 9.80. The van der Waals surface area contributed by atoms with Gasteiger partial charge < -0.3 is 15.0 Å². The smallest absolute Gasteiger partial charge is 0.241 e. The molecule has 2 aliphatic heterocycles. The van der Waals surface area contributed by atoms with E-state index in [2.05, 4.69) is 15.3 Å². The summed E-state index contributed by atoms with van der Waals surface area (Å²) in [4.78, 5) is 38.7. The molecule has 2 aliphatic rings. The number of aromatic nitrogens is 3. The third kappa shape index (κ3) is 3.40. The van der Waals surface area contributed by atoms with Gasteiger partial charge >= 0.3 is 0 Å². The van der Waals surface area contributed by atoms with Crippen LogP contribution in [-0.4, -0.2) is 57.9 Å². The van der Waals surface area contributed by atoms with E-state index in [0.29, 0.717) is 32.1 Å². The summed E-state index contributed by atoms with van der Waals surface area (Å²) in [5.74, 6) is 0.333. The summed E-state index contributed by atoms with van der Waals surface area (Å²) in [6.45, 7) is 3.57. The van der Waals surface area contributed by atoms with Crippen LogP contribution in [0.25, 0.3) is 11.4 Å². The normalized spacial score (nSPS) is 21.1. The number of carbonyl (C=O) groups is 2. The Morgan fingerprint density at radius 2 is 2.26 bits per heavy atom. The minimum atomic E-state index is -0.334. The van der Waals surface area contributed by atoms with E-state index in [9.17, 15) is 9.59 Å². The van der Waals surface area contributed by atoms with E-state index in [1.165, 1.54) is 6.92 Å². The van der Waals surface area contributed by atoms with Gasteiger partial charge in [0.25, 0.3) is 0 Å². The Bertz CT molecular complexity index is 873.